The first-order chi connectivity index (χ1) is 13.2. The molecule has 4 aromatic rings. The van der Waals surface area contributed by atoms with Crippen LogP contribution < -0.4 is 5.32 Å². The van der Waals surface area contributed by atoms with E-state index < -0.39 is 0 Å². The Hall–Kier alpha value is -3.32. The minimum absolute atomic E-state index is 0.187. The summed E-state index contributed by atoms with van der Waals surface area (Å²) < 4.78 is 1.60. The Balaban J connectivity index is 1.47. The molecule has 4 rings (SSSR count). The molecule has 7 heteroatoms. The standard InChI is InChI=1S/C20H17N5OS/c1-25-18(11-17(24-25)19-8-5-9-27-19)20(26)21-12-15-10-16(23-13-22-15)14-6-3-2-4-7-14/h2-11,13H,12H2,1H3,(H,21,26). The molecule has 0 aliphatic rings. The lowest BCUT2D eigenvalue weighted by Gasteiger charge is -2.06. The van der Waals surface area contributed by atoms with Gasteiger partial charge in [0.05, 0.1) is 22.8 Å². The van der Waals surface area contributed by atoms with Crippen LogP contribution in [0.15, 0.2) is 66.3 Å². The van der Waals surface area contributed by atoms with Gasteiger partial charge in [-0.1, -0.05) is 36.4 Å². The summed E-state index contributed by atoms with van der Waals surface area (Å²) in [5, 5.41) is 9.32. The molecule has 27 heavy (non-hydrogen) atoms. The SMILES string of the molecule is Cn1nc(-c2cccs2)cc1C(=O)NCc1cc(-c2ccccc2)ncn1. The van der Waals surface area contributed by atoms with Gasteiger partial charge in [-0.05, 0) is 23.6 Å². The van der Waals surface area contributed by atoms with Crippen molar-refractivity contribution in [3.63, 3.8) is 0 Å². The summed E-state index contributed by atoms with van der Waals surface area (Å²) in [5.41, 5.74) is 3.90. The number of aromatic nitrogens is 4. The lowest BCUT2D eigenvalue weighted by Crippen LogP contribution is -2.25. The molecule has 0 aliphatic carbocycles. The zero-order valence-electron chi connectivity index (χ0n) is 14.7. The molecule has 1 amide bonds. The summed E-state index contributed by atoms with van der Waals surface area (Å²) in [4.78, 5) is 22.2. The number of benzene rings is 1. The monoisotopic (exact) mass is 375 g/mol. The predicted molar refractivity (Wildman–Crippen MR) is 105 cm³/mol. The Kier molecular flexibility index (Phi) is 4.76. The molecule has 3 aromatic heterocycles. The highest BCUT2D eigenvalue weighted by atomic mass is 32.1. The van der Waals surface area contributed by atoms with E-state index in [1.807, 2.05) is 53.9 Å². The van der Waals surface area contributed by atoms with Gasteiger partial charge in [-0.15, -0.1) is 11.3 Å². The first-order valence-corrected chi connectivity index (χ1v) is 9.31. The fourth-order valence-corrected chi connectivity index (χ4v) is 3.43. The van der Waals surface area contributed by atoms with Gasteiger partial charge in [-0.3, -0.25) is 9.48 Å². The van der Waals surface area contributed by atoms with E-state index in [1.165, 1.54) is 6.33 Å². The van der Waals surface area contributed by atoms with Crippen LogP contribution in [0.4, 0.5) is 0 Å². The van der Waals surface area contributed by atoms with Gasteiger partial charge in [0.15, 0.2) is 0 Å². The Morgan fingerprint density at radius 1 is 1.07 bits per heavy atom. The van der Waals surface area contributed by atoms with E-state index in [0.717, 1.165) is 27.5 Å². The Morgan fingerprint density at radius 3 is 2.70 bits per heavy atom. The third-order valence-corrected chi connectivity index (χ3v) is 5.00. The highest BCUT2D eigenvalue weighted by Gasteiger charge is 2.15. The van der Waals surface area contributed by atoms with Gasteiger partial charge in [-0.25, -0.2) is 9.97 Å². The van der Waals surface area contributed by atoms with Crippen LogP contribution in [-0.2, 0) is 13.6 Å². The average Bonchev–Trinajstić information content (AvgIpc) is 3.37. The highest BCUT2D eigenvalue weighted by molar-refractivity contribution is 7.13. The number of nitrogens with one attached hydrogen (secondary N) is 1. The lowest BCUT2D eigenvalue weighted by atomic mass is 10.1. The second-order valence-electron chi connectivity index (χ2n) is 5.96. The maximum atomic E-state index is 12.6. The molecule has 0 spiro atoms. The van der Waals surface area contributed by atoms with Gasteiger partial charge in [0.2, 0.25) is 0 Å². The molecule has 0 aliphatic heterocycles. The molecule has 3 heterocycles. The maximum Gasteiger partial charge on any atom is 0.269 e. The zero-order valence-corrected chi connectivity index (χ0v) is 15.5. The number of rotatable bonds is 5. The normalized spacial score (nSPS) is 10.7. The molecule has 0 radical (unpaired) electrons. The Labute approximate surface area is 160 Å². The van der Waals surface area contributed by atoms with Crippen LogP contribution in [0.3, 0.4) is 0 Å². The first-order valence-electron chi connectivity index (χ1n) is 8.43. The van der Waals surface area contributed by atoms with Crippen molar-refractivity contribution < 1.29 is 4.79 Å². The topological polar surface area (TPSA) is 72.7 Å². The van der Waals surface area contributed by atoms with Crippen molar-refractivity contribution >= 4 is 17.2 Å². The maximum absolute atomic E-state index is 12.6. The number of hydrogen-bond acceptors (Lipinski definition) is 5. The van der Waals surface area contributed by atoms with Crippen molar-refractivity contribution in [2.24, 2.45) is 7.05 Å². The fraction of sp³-hybridized carbons (Fsp3) is 0.100. The second kappa shape index (κ2) is 7.51. The van der Waals surface area contributed by atoms with Crippen LogP contribution in [0.2, 0.25) is 0 Å². The number of nitrogens with zero attached hydrogens (tertiary/aromatic N) is 4. The van der Waals surface area contributed by atoms with Crippen molar-refractivity contribution in [2.75, 3.05) is 0 Å². The minimum atomic E-state index is -0.187. The second-order valence-corrected chi connectivity index (χ2v) is 6.91. The number of thiophene rings is 1. The molecule has 0 saturated heterocycles. The number of carbonyl (C=O) groups is 1. The molecule has 6 nitrogen and oxygen atoms in total. The molecular weight excluding hydrogens is 358 g/mol. The Morgan fingerprint density at radius 2 is 1.93 bits per heavy atom. The van der Waals surface area contributed by atoms with Gasteiger partial charge in [0.1, 0.15) is 17.7 Å². The first kappa shape index (κ1) is 17.1. The van der Waals surface area contributed by atoms with Gasteiger partial charge in [-0.2, -0.15) is 5.10 Å². The lowest BCUT2D eigenvalue weighted by molar-refractivity contribution is 0.0941. The number of amides is 1. The van der Waals surface area contributed by atoms with E-state index in [9.17, 15) is 4.79 Å². The summed E-state index contributed by atoms with van der Waals surface area (Å²) in [5.74, 6) is -0.187. The van der Waals surface area contributed by atoms with E-state index in [2.05, 4.69) is 20.4 Å². The molecule has 1 aromatic carbocycles. The number of hydrogen-bond donors (Lipinski definition) is 1. The van der Waals surface area contributed by atoms with Gasteiger partial charge in [0, 0.05) is 12.6 Å². The molecule has 0 fully saturated rings. The van der Waals surface area contributed by atoms with Crippen LogP contribution in [0, 0.1) is 0 Å². The minimum Gasteiger partial charge on any atom is -0.345 e. The summed E-state index contributed by atoms with van der Waals surface area (Å²) in [6.07, 6.45) is 1.52. The Bertz CT molecular complexity index is 1060. The van der Waals surface area contributed by atoms with Crippen molar-refractivity contribution in [1.82, 2.24) is 25.1 Å². The summed E-state index contributed by atoms with van der Waals surface area (Å²) >= 11 is 1.60. The smallest absolute Gasteiger partial charge is 0.269 e. The van der Waals surface area contributed by atoms with Crippen LogP contribution >= 0.6 is 11.3 Å². The van der Waals surface area contributed by atoms with E-state index in [4.69, 9.17) is 0 Å². The summed E-state index contributed by atoms with van der Waals surface area (Å²) in [6.45, 7) is 0.320. The average molecular weight is 375 g/mol. The third-order valence-electron chi connectivity index (χ3n) is 4.11. The largest absolute Gasteiger partial charge is 0.345 e. The van der Waals surface area contributed by atoms with Crippen LogP contribution in [0.5, 0.6) is 0 Å². The molecule has 0 saturated carbocycles. The zero-order chi connectivity index (χ0) is 18.6. The number of carbonyl (C=O) groups excluding carboxylic acids is 1. The van der Waals surface area contributed by atoms with Crippen LogP contribution in [0.25, 0.3) is 21.8 Å². The fourth-order valence-electron chi connectivity index (χ4n) is 2.75. The van der Waals surface area contributed by atoms with Crippen LogP contribution in [-0.4, -0.2) is 25.7 Å². The molecule has 0 unspecified atom stereocenters. The van der Waals surface area contributed by atoms with Gasteiger partial charge < -0.3 is 5.32 Å². The number of aryl methyl sites for hydroxylation is 1. The van der Waals surface area contributed by atoms with Crippen molar-refractivity contribution in [2.45, 2.75) is 6.54 Å². The summed E-state index contributed by atoms with van der Waals surface area (Å²) in [7, 11) is 1.77. The molecule has 134 valence electrons. The predicted octanol–water partition coefficient (Wildman–Crippen LogP) is 3.54. The quantitative estimate of drug-likeness (QED) is 0.579. The van der Waals surface area contributed by atoms with Gasteiger partial charge in [0.25, 0.3) is 5.91 Å². The van der Waals surface area contributed by atoms with Gasteiger partial charge >= 0.3 is 0 Å². The van der Waals surface area contributed by atoms with E-state index in [0.29, 0.717) is 12.2 Å². The van der Waals surface area contributed by atoms with E-state index in [-0.39, 0.29) is 5.91 Å². The van der Waals surface area contributed by atoms with Crippen LogP contribution in [0.1, 0.15) is 16.2 Å². The van der Waals surface area contributed by atoms with Crippen molar-refractivity contribution in [1.29, 1.82) is 0 Å². The molecule has 0 bridgehead atoms. The third kappa shape index (κ3) is 3.78. The highest BCUT2D eigenvalue weighted by Crippen LogP contribution is 2.23. The molecule has 0 atom stereocenters. The molecule has 1 N–H and O–H groups in total. The summed E-state index contributed by atoms with van der Waals surface area (Å²) in [6, 6.07) is 17.5. The van der Waals surface area contributed by atoms with E-state index in [1.54, 1.807) is 29.1 Å². The van der Waals surface area contributed by atoms with Crippen molar-refractivity contribution in [3.8, 4) is 21.8 Å². The van der Waals surface area contributed by atoms with Crippen molar-refractivity contribution in [3.05, 3.63) is 77.7 Å². The molecular formula is C20H17N5OS. The van der Waals surface area contributed by atoms with E-state index >= 15 is 0 Å².